The van der Waals surface area contributed by atoms with Gasteiger partial charge in [0.1, 0.15) is 11.3 Å². The number of carboxylic acids is 1. The number of rotatable bonds is 3. The van der Waals surface area contributed by atoms with Crippen molar-refractivity contribution >= 4 is 27.6 Å². The number of carboxylic acid groups (broad SMARTS) is 1. The highest BCUT2D eigenvalue weighted by molar-refractivity contribution is 9.10. The van der Waals surface area contributed by atoms with Crippen LogP contribution in [0, 0.1) is 6.92 Å². The minimum absolute atomic E-state index is 0.0205. The molecule has 0 atom stereocenters. The molecular weight excluding hydrogens is 312 g/mol. The topological polar surface area (TPSA) is 85.4 Å². The average molecular weight is 323 g/mol. The van der Waals surface area contributed by atoms with E-state index in [0.29, 0.717) is 5.75 Å². The number of nitrogens with two attached hydrogens (primary N) is 1. The maximum Gasteiger partial charge on any atom is 0.341 e. The van der Waals surface area contributed by atoms with Crippen LogP contribution < -0.4 is 10.5 Å². The number of anilines is 1. The number of hydrogen-bond acceptors (Lipinski definition) is 4. The Labute approximate surface area is 118 Å². The van der Waals surface area contributed by atoms with Crippen molar-refractivity contribution in [1.82, 2.24) is 4.98 Å². The summed E-state index contributed by atoms with van der Waals surface area (Å²) in [6.45, 7) is 1.86. The van der Waals surface area contributed by atoms with E-state index in [4.69, 9.17) is 15.6 Å². The number of ether oxygens (including phenoxy) is 1. The Morgan fingerprint density at radius 1 is 1.42 bits per heavy atom. The van der Waals surface area contributed by atoms with E-state index in [2.05, 4.69) is 20.9 Å². The number of aromatic nitrogens is 1. The third-order valence-corrected chi connectivity index (χ3v) is 2.94. The molecule has 1 heterocycles. The van der Waals surface area contributed by atoms with Crippen LogP contribution in [0.1, 0.15) is 15.9 Å². The summed E-state index contributed by atoms with van der Waals surface area (Å²) in [5.74, 6) is -0.570. The van der Waals surface area contributed by atoms with Crippen LogP contribution in [0.3, 0.4) is 0 Å². The van der Waals surface area contributed by atoms with Crippen LogP contribution in [0.4, 0.5) is 5.69 Å². The Bertz CT molecular complexity index is 644. The SMILES string of the molecule is Cc1cc(Br)ccc1Oc1ncc(N)cc1C(=O)O. The summed E-state index contributed by atoms with van der Waals surface area (Å²) in [5, 5.41) is 9.10. The van der Waals surface area contributed by atoms with Gasteiger partial charge < -0.3 is 15.6 Å². The number of benzene rings is 1. The van der Waals surface area contributed by atoms with Crippen LogP contribution in [-0.2, 0) is 0 Å². The molecule has 0 radical (unpaired) electrons. The Morgan fingerprint density at radius 2 is 2.16 bits per heavy atom. The van der Waals surface area contributed by atoms with E-state index in [0.717, 1.165) is 10.0 Å². The molecule has 0 saturated carbocycles. The maximum atomic E-state index is 11.1. The van der Waals surface area contributed by atoms with Crippen LogP contribution >= 0.6 is 15.9 Å². The molecule has 0 bridgehead atoms. The Balaban J connectivity index is 2.40. The van der Waals surface area contributed by atoms with Crippen molar-refractivity contribution in [2.24, 2.45) is 0 Å². The standard InChI is InChI=1S/C13H11BrN2O3/c1-7-4-8(14)2-3-11(7)19-12-10(13(17)18)5-9(15)6-16-12/h2-6H,15H2,1H3,(H,17,18). The minimum Gasteiger partial charge on any atom is -0.477 e. The van der Waals surface area contributed by atoms with E-state index < -0.39 is 5.97 Å². The zero-order valence-corrected chi connectivity index (χ0v) is 11.6. The normalized spacial score (nSPS) is 10.2. The summed E-state index contributed by atoms with van der Waals surface area (Å²) in [7, 11) is 0. The first-order chi connectivity index (χ1) is 8.97. The van der Waals surface area contributed by atoms with Gasteiger partial charge in [0.25, 0.3) is 0 Å². The van der Waals surface area contributed by atoms with E-state index in [1.807, 2.05) is 13.0 Å². The van der Waals surface area contributed by atoms with Crippen molar-refractivity contribution in [2.75, 3.05) is 5.73 Å². The molecule has 2 aromatic rings. The molecule has 0 spiro atoms. The van der Waals surface area contributed by atoms with Crippen molar-refractivity contribution in [1.29, 1.82) is 0 Å². The van der Waals surface area contributed by atoms with E-state index >= 15 is 0 Å². The Kier molecular flexibility index (Phi) is 3.71. The second-order valence-electron chi connectivity index (χ2n) is 3.94. The molecule has 0 unspecified atom stereocenters. The van der Waals surface area contributed by atoms with Gasteiger partial charge in [-0.3, -0.25) is 0 Å². The summed E-state index contributed by atoms with van der Waals surface area (Å²) in [6, 6.07) is 6.73. The lowest BCUT2D eigenvalue weighted by molar-refractivity contribution is 0.0693. The number of aromatic carboxylic acids is 1. The number of carbonyl (C=O) groups is 1. The molecule has 6 heteroatoms. The molecule has 0 amide bonds. The summed E-state index contributed by atoms with van der Waals surface area (Å²) in [6.07, 6.45) is 1.36. The highest BCUT2D eigenvalue weighted by Crippen LogP contribution is 2.29. The molecule has 98 valence electrons. The van der Waals surface area contributed by atoms with Crippen molar-refractivity contribution < 1.29 is 14.6 Å². The second kappa shape index (κ2) is 5.27. The second-order valence-corrected chi connectivity index (χ2v) is 4.85. The fourth-order valence-corrected chi connectivity index (χ4v) is 2.01. The van der Waals surface area contributed by atoms with Gasteiger partial charge in [-0.15, -0.1) is 0 Å². The van der Waals surface area contributed by atoms with Crippen LogP contribution in [0.25, 0.3) is 0 Å². The van der Waals surface area contributed by atoms with Gasteiger partial charge in [-0.2, -0.15) is 0 Å². The third-order valence-electron chi connectivity index (χ3n) is 2.45. The molecule has 5 nitrogen and oxygen atoms in total. The number of halogens is 1. The lowest BCUT2D eigenvalue weighted by Gasteiger charge is -2.10. The first-order valence-corrected chi connectivity index (χ1v) is 6.19. The van der Waals surface area contributed by atoms with Crippen molar-refractivity contribution in [3.8, 4) is 11.6 Å². The zero-order chi connectivity index (χ0) is 14.0. The van der Waals surface area contributed by atoms with Gasteiger partial charge in [-0.05, 0) is 36.8 Å². The quantitative estimate of drug-likeness (QED) is 0.906. The maximum absolute atomic E-state index is 11.1. The number of hydrogen-bond donors (Lipinski definition) is 2. The van der Waals surface area contributed by atoms with Gasteiger partial charge in [0.2, 0.25) is 5.88 Å². The van der Waals surface area contributed by atoms with E-state index in [-0.39, 0.29) is 17.1 Å². The lowest BCUT2D eigenvalue weighted by Crippen LogP contribution is -2.04. The molecule has 2 rings (SSSR count). The molecule has 0 aliphatic heterocycles. The Hall–Kier alpha value is -2.08. The van der Waals surface area contributed by atoms with Crippen molar-refractivity contribution in [3.05, 3.63) is 46.1 Å². The predicted octanol–water partition coefficient (Wildman–Crippen LogP) is 3.23. The molecule has 1 aromatic heterocycles. The number of nitrogen functional groups attached to an aromatic ring is 1. The van der Waals surface area contributed by atoms with Crippen molar-refractivity contribution in [2.45, 2.75) is 6.92 Å². The summed E-state index contributed by atoms with van der Waals surface area (Å²) in [5.41, 5.74) is 6.59. The zero-order valence-electron chi connectivity index (χ0n) is 10.1. The molecule has 0 saturated heterocycles. The summed E-state index contributed by atoms with van der Waals surface area (Å²) in [4.78, 5) is 15.0. The monoisotopic (exact) mass is 322 g/mol. The molecule has 3 N–H and O–H groups in total. The predicted molar refractivity (Wildman–Crippen MR) is 74.6 cm³/mol. The number of nitrogens with zero attached hydrogens (tertiary/aromatic N) is 1. The molecule has 0 aliphatic carbocycles. The Morgan fingerprint density at radius 3 is 2.79 bits per heavy atom. The van der Waals surface area contributed by atoms with Crippen LogP contribution in [0.15, 0.2) is 34.9 Å². The fourth-order valence-electron chi connectivity index (χ4n) is 1.53. The van der Waals surface area contributed by atoms with Gasteiger partial charge in [0.05, 0.1) is 11.9 Å². The van der Waals surface area contributed by atoms with Gasteiger partial charge in [0, 0.05) is 4.47 Å². The molecule has 1 aromatic carbocycles. The number of aryl methyl sites for hydroxylation is 1. The fraction of sp³-hybridized carbons (Fsp3) is 0.0769. The molecule has 19 heavy (non-hydrogen) atoms. The smallest absolute Gasteiger partial charge is 0.341 e. The highest BCUT2D eigenvalue weighted by Gasteiger charge is 2.15. The highest BCUT2D eigenvalue weighted by atomic mass is 79.9. The van der Waals surface area contributed by atoms with Gasteiger partial charge >= 0.3 is 5.97 Å². The molecule has 0 aliphatic rings. The van der Waals surface area contributed by atoms with E-state index in [1.54, 1.807) is 12.1 Å². The largest absolute Gasteiger partial charge is 0.477 e. The summed E-state index contributed by atoms with van der Waals surface area (Å²) >= 11 is 3.35. The van der Waals surface area contributed by atoms with Crippen LogP contribution in [0.2, 0.25) is 0 Å². The molecular formula is C13H11BrN2O3. The van der Waals surface area contributed by atoms with Crippen LogP contribution in [-0.4, -0.2) is 16.1 Å². The van der Waals surface area contributed by atoms with Gasteiger partial charge in [0.15, 0.2) is 0 Å². The van der Waals surface area contributed by atoms with E-state index in [1.165, 1.54) is 12.3 Å². The van der Waals surface area contributed by atoms with Gasteiger partial charge in [-0.1, -0.05) is 15.9 Å². The van der Waals surface area contributed by atoms with Crippen LogP contribution in [0.5, 0.6) is 11.6 Å². The average Bonchev–Trinajstić information content (AvgIpc) is 2.34. The van der Waals surface area contributed by atoms with Crippen molar-refractivity contribution in [3.63, 3.8) is 0 Å². The number of pyridine rings is 1. The lowest BCUT2D eigenvalue weighted by atomic mass is 10.2. The third kappa shape index (κ3) is 3.03. The first-order valence-electron chi connectivity index (χ1n) is 5.40. The molecule has 0 fully saturated rings. The first kappa shape index (κ1) is 13.4. The summed E-state index contributed by atoms with van der Waals surface area (Å²) < 4.78 is 6.46. The van der Waals surface area contributed by atoms with E-state index in [9.17, 15) is 4.79 Å². The minimum atomic E-state index is -1.13. The van der Waals surface area contributed by atoms with Gasteiger partial charge in [-0.25, -0.2) is 9.78 Å².